The van der Waals surface area contributed by atoms with Gasteiger partial charge < -0.3 is 32.7 Å². The van der Waals surface area contributed by atoms with Crippen molar-refractivity contribution in [3.8, 4) is 0 Å². The molecule has 114 valence electrons. The van der Waals surface area contributed by atoms with Gasteiger partial charge in [0.1, 0.15) is 0 Å². The summed E-state index contributed by atoms with van der Waals surface area (Å²) in [6, 6.07) is 8.39. The van der Waals surface area contributed by atoms with E-state index < -0.39 is 0 Å². The van der Waals surface area contributed by atoms with Gasteiger partial charge in [-0.15, -0.1) is 0 Å². The minimum Gasteiger partial charge on any atom is -0.369 e. The zero-order valence-electron chi connectivity index (χ0n) is 12.2. The first kappa shape index (κ1) is 16.7. The maximum absolute atomic E-state index is 5.64. The zero-order chi connectivity index (χ0) is 14.8. The van der Waals surface area contributed by atoms with E-state index in [9.17, 15) is 0 Å². The molecule has 8 N–H and O–H groups in total. The van der Waals surface area contributed by atoms with Crippen LogP contribution in [0.4, 0.5) is 11.4 Å². The number of benzene rings is 1. The van der Waals surface area contributed by atoms with E-state index in [0.29, 0.717) is 26.2 Å². The van der Waals surface area contributed by atoms with Crippen LogP contribution >= 0.6 is 0 Å². The first-order valence-corrected chi connectivity index (χ1v) is 7.17. The summed E-state index contributed by atoms with van der Waals surface area (Å²) < 4.78 is 0. The highest BCUT2D eigenvalue weighted by Crippen LogP contribution is 2.20. The van der Waals surface area contributed by atoms with Crippen LogP contribution in [0.1, 0.15) is 0 Å². The van der Waals surface area contributed by atoms with Gasteiger partial charge in [-0.05, 0) is 24.3 Å². The van der Waals surface area contributed by atoms with E-state index in [4.69, 9.17) is 22.9 Å². The maximum Gasteiger partial charge on any atom is 0.0368 e. The quantitative estimate of drug-likeness (QED) is 0.444. The second kappa shape index (κ2) is 9.55. The van der Waals surface area contributed by atoms with E-state index in [2.05, 4.69) is 34.1 Å². The first-order chi connectivity index (χ1) is 9.76. The van der Waals surface area contributed by atoms with Crippen LogP contribution in [0.2, 0.25) is 0 Å². The molecular weight excluding hydrogens is 252 g/mol. The van der Waals surface area contributed by atoms with Crippen molar-refractivity contribution in [2.45, 2.75) is 0 Å². The van der Waals surface area contributed by atoms with Crippen LogP contribution in [0, 0.1) is 0 Å². The van der Waals surface area contributed by atoms with Gasteiger partial charge in [0.25, 0.3) is 0 Å². The van der Waals surface area contributed by atoms with Gasteiger partial charge in [-0.1, -0.05) is 0 Å². The number of hydrogen-bond acceptors (Lipinski definition) is 6. The van der Waals surface area contributed by atoms with Crippen LogP contribution < -0.4 is 32.7 Å². The van der Waals surface area contributed by atoms with E-state index >= 15 is 0 Å². The Morgan fingerprint density at radius 1 is 0.550 bits per heavy atom. The Hall–Kier alpha value is -1.34. The number of nitrogens with two attached hydrogens (primary N) is 4. The molecule has 0 atom stereocenters. The van der Waals surface area contributed by atoms with Gasteiger partial charge in [-0.3, -0.25) is 0 Å². The van der Waals surface area contributed by atoms with Gasteiger partial charge in [0.05, 0.1) is 0 Å². The van der Waals surface area contributed by atoms with Gasteiger partial charge in [-0.2, -0.15) is 0 Å². The summed E-state index contributed by atoms with van der Waals surface area (Å²) in [4.78, 5) is 4.39. The third-order valence-electron chi connectivity index (χ3n) is 3.18. The van der Waals surface area contributed by atoms with Gasteiger partial charge in [0, 0.05) is 63.7 Å². The van der Waals surface area contributed by atoms with Crippen molar-refractivity contribution in [2.24, 2.45) is 22.9 Å². The molecular formula is C14H28N6. The van der Waals surface area contributed by atoms with Gasteiger partial charge in [0.15, 0.2) is 0 Å². The largest absolute Gasteiger partial charge is 0.369 e. The molecule has 1 aromatic carbocycles. The van der Waals surface area contributed by atoms with Crippen LogP contribution in [0.3, 0.4) is 0 Å². The van der Waals surface area contributed by atoms with Crippen molar-refractivity contribution in [1.29, 1.82) is 0 Å². The number of rotatable bonds is 10. The average Bonchev–Trinajstić information content (AvgIpc) is 2.47. The molecule has 0 aromatic heterocycles. The fourth-order valence-corrected chi connectivity index (χ4v) is 2.24. The molecule has 0 saturated heterocycles. The summed E-state index contributed by atoms with van der Waals surface area (Å²) >= 11 is 0. The minimum absolute atomic E-state index is 0.619. The van der Waals surface area contributed by atoms with E-state index in [1.165, 1.54) is 0 Å². The Bertz CT molecular complexity index is 306. The first-order valence-electron chi connectivity index (χ1n) is 7.17. The smallest absolute Gasteiger partial charge is 0.0368 e. The molecule has 6 nitrogen and oxygen atoms in total. The Morgan fingerprint density at radius 3 is 1.00 bits per heavy atom. The molecule has 0 spiro atoms. The summed E-state index contributed by atoms with van der Waals surface area (Å²) in [5.41, 5.74) is 24.8. The SMILES string of the molecule is NCCN(CCN)c1ccc(N(CCN)CCN)cc1. The fraction of sp³-hybridized carbons (Fsp3) is 0.571. The molecule has 0 fully saturated rings. The number of anilines is 2. The lowest BCUT2D eigenvalue weighted by molar-refractivity contribution is 0.776. The Kier molecular flexibility index (Phi) is 7.98. The maximum atomic E-state index is 5.64. The molecule has 0 aliphatic heterocycles. The molecule has 6 heteroatoms. The Morgan fingerprint density at radius 2 is 0.800 bits per heavy atom. The van der Waals surface area contributed by atoms with Crippen molar-refractivity contribution >= 4 is 11.4 Å². The lowest BCUT2D eigenvalue weighted by Gasteiger charge is -2.26. The summed E-state index contributed by atoms with van der Waals surface area (Å²) in [5, 5.41) is 0. The summed E-state index contributed by atoms with van der Waals surface area (Å²) in [6.45, 7) is 5.72. The predicted octanol–water partition coefficient (Wildman–Crippen LogP) is -0.866. The molecule has 0 heterocycles. The van der Waals surface area contributed by atoms with Crippen molar-refractivity contribution in [2.75, 3.05) is 62.2 Å². The van der Waals surface area contributed by atoms with Crippen LogP contribution in [0.5, 0.6) is 0 Å². The second-order valence-electron chi connectivity index (χ2n) is 4.65. The lowest BCUT2D eigenvalue weighted by Crippen LogP contribution is -2.35. The summed E-state index contributed by atoms with van der Waals surface area (Å²) in [7, 11) is 0. The normalized spacial score (nSPS) is 10.6. The van der Waals surface area contributed by atoms with E-state index in [-0.39, 0.29) is 0 Å². The van der Waals surface area contributed by atoms with Crippen molar-refractivity contribution in [3.05, 3.63) is 24.3 Å². The van der Waals surface area contributed by atoms with Gasteiger partial charge in [-0.25, -0.2) is 0 Å². The molecule has 0 radical (unpaired) electrons. The predicted molar refractivity (Wildman–Crippen MR) is 87.1 cm³/mol. The third-order valence-corrected chi connectivity index (χ3v) is 3.18. The van der Waals surface area contributed by atoms with E-state index in [1.807, 2.05) is 0 Å². The lowest BCUT2D eigenvalue weighted by atomic mass is 10.2. The molecule has 0 aliphatic rings. The number of hydrogen-bond donors (Lipinski definition) is 4. The number of nitrogens with zero attached hydrogens (tertiary/aromatic N) is 2. The van der Waals surface area contributed by atoms with Crippen LogP contribution in [0.15, 0.2) is 24.3 Å². The summed E-state index contributed by atoms with van der Waals surface area (Å²) in [5.74, 6) is 0. The molecule has 1 rings (SSSR count). The Balaban J connectivity index is 2.79. The molecule has 1 aromatic rings. The zero-order valence-corrected chi connectivity index (χ0v) is 12.2. The molecule has 0 aliphatic carbocycles. The topological polar surface area (TPSA) is 111 Å². The molecule has 20 heavy (non-hydrogen) atoms. The van der Waals surface area contributed by atoms with Crippen molar-refractivity contribution < 1.29 is 0 Å². The minimum atomic E-state index is 0.619. The van der Waals surface area contributed by atoms with Crippen LogP contribution in [-0.4, -0.2) is 52.4 Å². The van der Waals surface area contributed by atoms with Gasteiger partial charge >= 0.3 is 0 Å². The molecule has 0 bridgehead atoms. The van der Waals surface area contributed by atoms with Crippen molar-refractivity contribution in [1.82, 2.24) is 0 Å². The van der Waals surface area contributed by atoms with Gasteiger partial charge in [0.2, 0.25) is 0 Å². The molecule has 0 unspecified atom stereocenters. The molecule has 0 amide bonds. The van der Waals surface area contributed by atoms with Crippen LogP contribution in [-0.2, 0) is 0 Å². The van der Waals surface area contributed by atoms with E-state index in [0.717, 1.165) is 37.6 Å². The third kappa shape index (κ3) is 4.97. The second-order valence-corrected chi connectivity index (χ2v) is 4.65. The highest BCUT2D eigenvalue weighted by molar-refractivity contribution is 5.56. The summed E-state index contributed by atoms with van der Waals surface area (Å²) in [6.07, 6.45) is 0. The van der Waals surface area contributed by atoms with E-state index in [1.54, 1.807) is 0 Å². The standard InChI is InChI=1S/C14H28N6/c15-5-9-19(10-6-16)13-1-2-14(4-3-13)20(11-7-17)12-8-18/h1-4H,5-12,15-18H2. The van der Waals surface area contributed by atoms with Crippen molar-refractivity contribution in [3.63, 3.8) is 0 Å². The highest BCUT2D eigenvalue weighted by Gasteiger charge is 2.07. The Labute approximate surface area is 121 Å². The fourth-order valence-electron chi connectivity index (χ4n) is 2.24. The monoisotopic (exact) mass is 280 g/mol. The van der Waals surface area contributed by atoms with Crippen LogP contribution in [0.25, 0.3) is 0 Å². The average molecular weight is 280 g/mol. The highest BCUT2D eigenvalue weighted by atomic mass is 15.2. The molecule has 0 saturated carbocycles.